The third-order valence-electron chi connectivity index (χ3n) is 0.874. The van der Waals surface area contributed by atoms with Crippen LogP contribution in [0, 0.1) is 0 Å². The fourth-order valence-electron chi connectivity index (χ4n) is 0.504. The highest BCUT2D eigenvalue weighted by Crippen LogP contribution is 2.00. The van der Waals surface area contributed by atoms with E-state index in [0.29, 0.717) is 13.1 Å². The van der Waals surface area contributed by atoms with E-state index >= 15 is 0 Å². The quantitative estimate of drug-likeness (QED) is 0.728. The Hall–Kier alpha value is 0.140. The summed E-state index contributed by atoms with van der Waals surface area (Å²) < 4.78 is 0.900. The van der Waals surface area contributed by atoms with E-state index in [9.17, 15) is 5.11 Å². The molecule has 0 fully saturated rings. The van der Waals surface area contributed by atoms with Crippen molar-refractivity contribution in [3.8, 4) is 0 Å². The average Bonchev–Trinajstić information content (AvgIpc) is 1.59. The summed E-state index contributed by atoms with van der Waals surface area (Å²) in [6.45, 7) is 8.45. The molecule has 0 spiro atoms. The Kier molecular flexibility index (Phi) is 4.17. The lowest BCUT2D eigenvalue weighted by atomic mass is 10.1. The van der Waals surface area contributed by atoms with Crippen LogP contribution in [0.3, 0.4) is 0 Å². The van der Waals surface area contributed by atoms with Gasteiger partial charge in [-0.15, -0.1) is 0 Å². The Balaban J connectivity index is 3.29. The first-order chi connectivity index (χ1) is 4.42. The molecule has 0 radical (unpaired) electrons. The number of halogens is 1. The van der Waals surface area contributed by atoms with Crippen molar-refractivity contribution >= 4 is 15.9 Å². The van der Waals surface area contributed by atoms with Gasteiger partial charge in [0.2, 0.25) is 0 Å². The van der Waals surface area contributed by atoms with E-state index in [1.54, 1.807) is 13.8 Å². The van der Waals surface area contributed by atoms with E-state index in [1.807, 2.05) is 0 Å². The summed E-state index contributed by atoms with van der Waals surface area (Å²) in [6, 6.07) is 0. The van der Waals surface area contributed by atoms with Gasteiger partial charge in [-0.3, -0.25) is 0 Å². The molecule has 0 bridgehead atoms. The minimum absolute atomic E-state index is 0.581. The van der Waals surface area contributed by atoms with Crippen LogP contribution in [0.15, 0.2) is 11.1 Å². The summed E-state index contributed by atoms with van der Waals surface area (Å²) in [6.07, 6.45) is 0. The van der Waals surface area contributed by atoms with Crippen LogP contribution in [0.1, 0.15) is 13.8 Å². The van der Waals surface area contributed by atoms with E-state index in [2.05, 4.69) is 27.8 Å². The lowest BCUT2D eigenvalue weighted by molar-refractivity contribution is 0.0809. The first-order valence-corrected chi connectivity index (χ1v) is 3.97. The molecule has 0 aliphatic rings. The van der Waals surface area contributed by atoms with E-state index in [4.69, 9.17) is 0 Å². The molecule has 10 heavy (non-hydrogen) atoms. The molecule has 0 aromatic rings. The molecule has 3 heteroatoms. The predicted octanol–water partition coefficient (Wildman–Crippen LogP) is 1.26. The number of aliphatic hydroxyl groups is 1. The number of hydrogen-bond donors (Lipinski definition) is 2. The lowest BCUT2D eigenvalue weighted by Gasteiger charge is -2.17. The largest absolute Gasteiger partial charge is 0.389 e. The van der Waals surface area contributed by atoms with Gasteiger partial charge in [-0.2, -0.15) is 0 Å². The topological polar surface area (TPSA) is 32.3 Å². The van der Waals surface area contributed by atoms with Crippen molar-refractivity contribution in [3.63, 3.8) is 0 Å². The zero-order valence-electron chi connectivity index (χ0n) is 6.45. The van der Waals surface area contributed by atoms with Gasteiger partial charge in [0.1, 0.15) is 0 Å². The van der Waals surface area contributed by atoms with Crippen LogP contribution in [0.2, 0.25) is 0 Å². The van der Waals surface area contributed by atoms with Crippen LogP contribution in [-0.2, 0) is 0 Å². The highest BCUT2D eigenvalue weighted by Gasteiger charge is 2.10. The predicted molar refractivity (Wildman–Crippen MR) is 47.2 cm³/mol. The SMILES string of the molecule is C=C(Br)CNCC(C)(C)O. The van der Waals surface area contributed by atoms with Crippen molar-refractivity contribution in [2.24, 2.45) is 0 Å². The molecule has 0 saturated heterocycles. The molecule has 2 nitrogen and oxygen atoms in total. The Morgan fingerprint density at radius 3 is 2.50 bits per heavy atom. The van der Waals surface area contributed by atoms with Gasteiger partial charge in [0.05, 0.1) is 5.60 Å². The summed E-state index contributed by atoms with van der Waals surface area (Å²) in [5.74, 6) is 0. The molecule has 60 valence electrons. The van der Waals surface area contributed by atoms with E-state index in [-0.39, 0.29) is 0 Å². The van der Waals surface area contributed by atoms with Gasteiger partial charge in [-0.25, -0.2) is 0 Å². The van der Waals surface area contributed by atoms with Crippen LogP contribution >= 0.6 is 15.9 Å². The zero-order chi connectivity index (χ0) is 8.20. The van der Waals surface area contributed by atoms with Crippen LogP contribution < -0.4 is 5.32 Å². The van der Waals surface area contributed by atoms with E-state index in [0.717, 1.165) is 4.48 Å². The second-order valence-corrected chi connectivity index (χ2v) is 4.05. The van der Waals surface area contributed by atoms with Crippen LogP contribution in [-0.4, -0.2) is 23.8 Å². The van der Waals surface area contributed by atoms with Crippen LogP contribution in [0.25, 0.3) is 0 Å². The molecule has 0 amide bonds. The van der Waals surface area contributed by atoms with Crippen molar-refractivity contribution in [1.29, 1.82) is 0 Å². The zero-order valence-corrected chi connectivity index (χ0v) is 8.03. The Labute approximate surface area is 70.5 Å². The Morgan fingerprint density at radius 1 is 1.70 bits per heavy atom. The maximum Gasteiger partial charge on any atom is 0.0715 e. The third kappa shape index (κ3) is 8.14. The first-order valence-electron chi connectivity index (χ1n) is 3.18. The number of nitrogens with one attached hydrogen (secondary N) is 1. The summed E-state index contributed by atoms with van der Waals surface area (Å²) in [5.41, 5.74) is -0.636. The molecule has 0 aliphatic heterocycles. The first kappa shape index (κ1) is 10.1. The van der Waals surface area contributed by atoms with Gasteiger partial charge in [-0.05, 0) is 13.8 Å². The lowest BCUT2D eigenvalue weighted by Crippen LogP contribution is -2.35. The molecular weight excluding hydrogens is 194 g/mol. The summed E-state index contributed by atoms with van der Waals surface area (Å²) in [4.78, 5) is 0. The maximum absolute atomic E-state index is 9.22. The van der Waals surface area contributed by atoms with Gasteiger partial charge in [-0.1, -0.05) is 22.5 Å². The van der Waals surface area contributed by atoms with Crippen molar-refractivity contribution in [3.05, 3.63) is 11.1 Å². The fourth-order valence-corrected chi connectivity index (χ4v) is 0.702. The normalized spacial score (nSPS) is 11.6. The van der Waals surface area contributed by atoms with Crippen LogP contribution in [0.4, 0.5) is 0 Å². The molecule has 0 aromatic heterocycles. The molecule has 0 atom stereocenters. The molecule has 2 N–H and O–H groups in total. The summed E-state index contributed by atoms with van der Waals surface area (Å²) in [5, 5.41) is 12.3. The molecule has 0 rings (SSSR count). The fraction of sp³-hybridized carbons (Fsp3) is 0.714. The second kappa shape index (κ2) is 4.11. The third-order valence-corrected chi connectivity index (χ3v) is 1.15. The standard InChI is InChI=1S/C7H14BrNO/c1-6(8)4-9-5-7(2,3)10/h9-10H,1,4-5H2,2-3H3. The molecule has 0 saturated carbocycles. The van der Waals surface area contributed by atoms with Gasteiger partial charge >= 0.3 is 0 Å². The highest BCUT2D eigenvalue weighted by molar-refractivity contribution is 9.11. The Morgan fingerprint density at radius 2 is 2.20 bits per heavy atom. The second-order valence-electron chi connectivity index (χ2n) is 2.93. The molecule has 0 aliphatic carbocycles. The molecule has 0 aromatic carbocycles. The number of hydrogen-bond acceptors (Lipinski definition) is 2. The van der Waals surface area contributed by atoms with Gasteiger partial charge < -0.3 is 10.4 Å². The van der Waals surface area contributed by atoms with Crippen molar-refractivity contribution in [2.75, 3.05) is 13.1 Å². The van der Waals surface area contributed by atoms with E-state index < -0.39 is 5.60 Å². The van der Waals surface area contributed by atoms with E-state index in [1.165, 1.54) is 0 Å². The smallest absolute Gasteiger partial charge is 0.0715 e. The number of rotatable bonds is 4. The maximum atomic E-state index is 9.22. The van der Waals surface area contributed by atoms with Gasteiger partial charge in [0.15, 0.2) is 0 Å². The highest BCUT2D eigenvalue weighted by atomic mass is 79.9. The monoisotopic (exact) mass is 207 g/mol. The molecule has 0 heterocycles. The van der Waals surface area contributed by atoms with Crippen molar-refractivity contribution < 1.29 is 5.11 Å². The molecule has 0 unspecified atom stereocenters. The van der Waals surface area contributed by atoms with Crippen LogP contribution in [0.5, 0.6) is 0 Å². The van der Waals surface area contributed by atoms with Gasteiger partial charge in [0, 0.05) is 17.6 Å². The Bertz CT molecular complexity index is 117. The molecular formula is C7H14BrNO. The minimum Gasteiger partial charge on any atom is -0.389 e. The average molecular weight is 208 g/mol. The summed E-state index contributed by atoms with van der Waals surface area (Å²) >= 11 is 3.20. The minimum atomic E-state index is -0.636. The summed E-state index contributed by atoms with van der Waals surface area (Å²) in [7, 11) is 0. The van der Waals surface area contributed by atoms with Crippen molar-refractivity contribution in [2.45, 2.75) is 19.4 Å². The van der Waals surface area contributed by atoms with Crippen molar-refractivity contribution in [1.82, 2.24) is 5.32 Å². The van der Waals surface area contributed by atoms with Gasteiger partial charge in [0.25, 0.3) is 0 Å².